The molecular weight excluding hydrogens is 412 g/mol. The highest BCUT2D eigenvalue weighted by molar-refractivity contribution is 5.62. The van der Waals surface area contributed by atoms with Gasteiger partial charge in [0.15, 0.2) is 0 Å². The minimum atomic E-state index is -1.11. The number of pyridine rings is 1. The molecule has 2 heterocycles. The summed E-state index contributed by atoms with van der Waals surface area (Å²) in [6.07, 6.45) is 6.59. The molecule has 2 aliphatic carbocycles. The van der Waals surface area contributed by atoms with Crippen LogP contribution in [0.15, 0.2) is 54.4 Å². The van der Waals surface area contributed by atoms with Crippen LogP contribution in [0.1, 0.15) is 49.2 Å². The van der Waals surface area contributed by atoms with Gasteiger partial charge in [-0.2, -0.15) is 5.10 Å². The Bertz CT molecular complexity index is 1190. The van der Waals surface area contributed by atoms with Crippen LogP contribution in [0.5, 0.6) is 0 Å². The number of hydrogen-bond acceptors (Lipinski definition) is 4. The molecule has 0 saturated heterocycles. The second kappa shape index (κ2) is 7.60. The van der Waals surface area contributed by atoms with E-state index < -0.39 is 22.8 Å². The minimum Gasteiger partial charge on any atom is -0.396 e. The lowest BCUT2D eigenvalue weighted by Gasteiger charge is -2.46. The molecule has 0 aliphatic heterocycles. The molecule has 1 saturated carbocycles. The third kappa shape index (κ3) is 3.11. The molecular formula is C25H25F2N3O2. The number of aliphatic hydroxyl groups excluding tert-OH is 2. The van der Waals surface area contributed by atoms with Crippen molar-refractivity contribution in [2.45, 2.75) is 38.7 Å². The second-order valence-corrected chi connectivity index (χ2v) is 9.15. The van der Waals surface area contributed by atoms with Gasteiger partial charge in [-0.3, -0.25) is 4.98 Å². The van der Waals surface area contributed by atoms with Crippen molar-refractivity contribution < 1.29 is 19.0 Å². The zero-order chi connectivity index (χ0) is 22.5. The molecule has 32 heavy (non-hydrogen) atoms. The summed E-state index contributed by atoms with van der Waals surface area (Å²) in [7, 11) is 0. The molecule has 5 nitrogen and oxygen atoms in total. The van der Waals surface area contributed by atoms with Crippen LogP contribution in [0.2, 0.25) is 0 Å². The monoisotopic (exact) mass is 437 g/mol. The maximum absolute atomic E-state index is 14.2. The third-order valence-electron chi connectivity index (χ3n) is 7.55. The topological polar surface area (TPSA) is 71.2 Å². The average Bonchev–Trinajstić information content (AvgIpc) is 3.31. The molecule has 5 rings (SSSR count). The SMILES string of the molecule is C[C@]12Cc3cnn(-c4ccc(F)cc4)c3C=C1CC[C@@]2(CO)CC(O)c1ncccc1F. The molecule has 1 aromatic carbocycles. The van der Waals surface area contributed by atoms with E-state index in [1.165, 1.54) is 36.0 Å². The summed E-state index contributed by atoms with van der Waals surface area (Å²) in [6.45, 7) is 2.00. The number of fused-ring (bicyclic) bond motifs is 2. The summed E-state index contributed by atoms with van der Waals surface area (Å²) >= 11 is 0. The van der Waals surface area contributed by atoms with E-state index >= 15 is 0 Å². The standard InChI is InChI=1S/C25H25F2N3O2/c1-24-12-16-14-29-30(19-6-4-18(26)5-7-19)21(16)11-17(24)8-9-25(24,15-31)13-22(32)23-20(27)3-2-10-28-23/h2-7,10-11,14,22,31-32H,8-9,12-13,15H2,1H3/t22?,24-,25-/m0/s1. The van der Waals surface area contributed by atoms with Gasteiger partial charge in [-0.15, -0.1) is 0 Å². The number of hydrogen-bond donors (Lipinski definition) is 2. The largest absolute Gasteiger partial charge is 0.396 e. The molecule has 0 bridgehead atoms. The number of rotatable bonds is 5. The molecule has 0 radical (unpaired) electrons. The van der Waals surface area contributed by atoms with E-state index in [0.717, 1.165) is 23.4 Å². The fraction of sp³-hybridized carbons (Fsp3) is 0.360. The quantitative estimate of drug-likeness (QED) is 0.621. The van der Waals surface area contributed by atoms with Crippen LogP contribution in [-0.4, -0.2) is 31.6 Å². The molecule has 3 atom stereocenters. The fourth-order valence-corrected chi connectivity index (χ4v) is 5.57. The number of aliphatic hydroxyl groups is 2. The van der Waals surface area contributed by atoms with Gasteiger partial charge < -0.3 is 10.2 Å². The normalized spacial score (nSPS) is 25.2. The van der Waals surface area contributed by atoms with Gasteiger partial charge >= 0.3 is 0 Å². The summed E-state index contributed by atoms with van der Waals surface area (Å²) in [5, 5.41) is 25.9. The van der Waals surface area contributed by atoms with E-state index in [-0.39, 0.29) is 24.5 Å². The van der Waals surface area contributed by atoms with Crippen molar-refractivity contribution in [2.75, 3.05) is 6.61 Å². The van der Waals surface area contributed by atoms with Crippen molar-refractivity contribution in [1.29, 1.82) is 0 Å². The number of allylic oxidation sites excluding steroid dienone is 1. The molecule has 2 N–H and O–H groups in total. The van der Waals surface area contributed by atoms with Gasteiger partial charge in [0.05, 0.1) is 23.7 Å². The summed E-state index contributed by atoms with van der Waals surface area (Å²) in [4.78, 5) is 4.03. The molecule has 2 aliphatic rings. The average molecular weight is 437 g/mol. The fourth-order valence-electron chi connectivity index (χ4n) is 5.57. The molecule has 0 amide bonds. The Hall–Kier alpha value is -2.90. The predicted octanol–water partition coefficient (Wildman–Crippen LogP) is 4.39. The molecule has 166 valence electrons. The van der Waals surface area contributed by atoms with Crippen LogP contribution in [0.4, 0.5) is 8.78 Å². The molecule has 3 aromatic rings. The minimum absolute atomic E-state index is 0.0157. The Balaban J connectivity index is 1.50. The van der Waals surface area contributed by atoms with Crippen LogP contribution in [0.3, 0.4) is 0 Å². The summed E-state index contributed by atoms with van der Waals surface area (Å²) in [5.74, 6) is -0.842. The van der Waals surface area contributed by atoms with E-state index in [9.17, 15) is 19.0 Å². The zero-order valence-corrected chi connectivity index (χ0v) is 17.8. The van der Waals surface area contributed by atoms with Crippen molar-refractivity contribution in [3.05, 3.63) is 83.0 Å². The van der Waals surface area contributed by atoms with Gasteiger partial charge in [-0.1, -0.05) is 12.5 Å². The second-order valence-electron chi connectivity index (χ2n) is 9.15. The van der Waals surface area contributed by atoms with E-state index in [2.05, 4.69) is 23.1 Å². The van der Waals surface area contributed by atoms with E-state index in [0.29, 0.717) is 12.8 Å². The maximum Gasteiger partial charge on any atom is 0.147 e. The van der Waals surface area contributed by atoms with Crippen molar-refractivity contribution in [2.24, 2.45) is 10.8 Å². The van der Waals surface area contributed by atoms with Gasteiger partial charge in [0, 0.05) is 23.6 Å². The van der Waals surface area contributed by atoms with E-state index in [4.69, 9.17) is 0 Å². The van der Waals surface area contributed by atoms with Gasteiger partial charge in [0.2, 0.25) is 0 Å². The first kappa shape index (κ1) is 21.0. The first-order valence-corrected chi connectivity index (χ1v) is 10.8. The number of benzene rings is 1. The van der Waals surface area contributed by atoms with Crippen LogP contribution in [-0.2, 0) is 6.42 Å². The molecule has 7 heteroatoms. The Morgan fingerprint density at radius 2 is 1.97 bits per heavy atom. The highest BCUT2D eigenvalue weighted by atomic mass is 19.1. The van der Waals surface area contributed by atoms with Crippen molar-refractivity contribution >= 4 is 6.08 Å². The highest BCUT2D eigenvalue weighted by Gasteiger charge is 2.56. The number of halogens is 2. The Morgan fingerprint density at radius 3 is 2.69 bits per heavy atom. The number of aromatic nitrogens is 3. The van der Waals surface area contributed by atoms with Crippen LogP contribution in [0, 0.1) is 22.5 Å². The van der Waals surface area contributed by atoms with Crippen molar-refractivity contribution in [3.8, 4) is 5.69 Å². The molecule has 1 fully saturated rings. The van der Waals surface area contributed by atoms with Crippen LogP contribution < -0.4 is 0 Å². The van der Waals surface area contributed by atoms with E-state index in [1.54, 1.807) is 16.8 Å². The van der Waals surface area contributed by atoms with Crippen molar-refractivity contribution in [1.82, 2.24) is 14.8 Å². The van der Waals surface area contributed by atoms with Gasteiger partial charge in [0.1, 0.15) is 17.3 Å². The summed E-state index contributed by atoms with van der Waals surface area (Å²) < 4.78 is 29.4. The maximum atomic E-state index is 14.2. The highest BCUT2D eigenvalue weighted by Crippen LogP contribution is 2.62. The lowest BCUT2D eigenvalue weighted by molar-refractivity contribution is -0.0158. The predicted molar refractivity (Wildman–Crippen MR) is 116 cm³/mol. The first-order chi connectivity index (χ1) is 15.4. The van der Waals surface area contributed by atoms with Crippen molar-refractivity contribution in [3.63, 3.8) is 0 Å². The summed E-state index contributed by atoms with van der Waals surface area (Å²) in [5.41, 5.74) is 2.93. The smallest absolute Gasteiger partial charge is 0.147 e. The molecule has 1 unspecified atom stereocenters. The Labute approximate surface area is 185 Å². The van der Waals surface area contributed by atoms with Gasteiger partial charge in [-0.25, -0.2) is 13.5 Å². The molecule has 0 spiro atoms. The first-order valence-electron chi connectivity index (χ1n) is 10.8. The van der Waals surface area contributed by atoms with E-state index in [1.807, 2.05) is 6.20 Å². The van der Waals surface area contributed by atoms with Gasteiger partial charge in [-0.05, 0) is 73.7 Å². The van der Waals surface area contributed by atoms with Crippen LogP contribution in [0.25, 0.3) is 11.8 Å². The molecule has 2 aromatic heterocycles. The third-order valence-corrected chi connectivity index (χ3v) is 7.55. The lowest BCUT2D eigenvalue weighted by atomic mass is 9.59. The Kier molecular flexibility index (Phi) is 4.98. The lowest BCUT2D eigenvalue weighted by Crippen LogP contribution is -2.43. The Morgan fingerprint density at radius 1 is 1.19 bits per heavy atom. The number of nitrogens with zero attached hydrogens (tertiary/aromatic N) is 3. The van der Waals surface area contributed by atoms with Crippen LogP contribution >= 0.6 is 0 Å². The zero-order valence-electron chi connectivity index (χ0n) is 17.8. The summed E-state index contributed by atoms with van der Waals surface area (Å²) in [6, 6.07) is 8.99. The van der Waals surface area contributed by atoms with Gasteiger partial charge in [0.25, 0.3) is 0 Å².